The number of benzene rings is 1. The molecule has 8 nitrogen and oxygen atoms in total. The van der Waals surface area contributed by atoms with Gasteiger partial charge in [-0.2, -0.15) is 13.2 Å². The van der Waals surface area contributed by atoms with Crippen LogP contribution in [0.5, 0.6) is 0 Å². The molecular formula is C18H18F3N5O3. The van der Waals surface area contributed by atoms with Gasteiger partial charge in [0.25, 0.3) is 11.6 Å². The summed E-state index contributed by atoms with van der Waals surface area (Å²) in [5, 5.41) is 14.0. The molecule has 0 atom stereocenters. The number of hydrogen-bond acceptors (Lipinski definition) is 6. The molecule has 2 heterocycles. The second kappa shape index (κ2) is 8.43. The van der Waals surface area contributed by atoms with Crippen molar-refractivity contribution in [3.8, 4) is 0 Å². The SMILES string of the molecule is O=C(NCN1CCN(c2ccc(C(F)(F)F)cc2[N+](=O)[O-])CC1)c1cccnc1. The zero-order valence-corrected chi connectivity index (χ0v) is 15.2. The summed E-state index contributed by atoms with van der Waals surface area (Å²) in [6.07, 6.45) is -1.62. The van der Waals surface area contributed by atoms with Crippen LogP contribution < -0.4 is 10.2 Å². The van der Waals surface area contributed by atoms with E-state index in [1.54, 1.807) is 23.2 Å². The van der Waals surface area contributed by atoms with Crippen LogP contribution >= 0.6 is 0 Å². The largest absolute Gasteiger partial charge is 0.416 e. The minimum Gasteiger partial charge on any atom is -0.363 e. The highest BCUT2D eigenvalue weighted by atomic mass is 19.4. The molecule has 1 amide bonds. The van der Waals surface area contributed by atoms with Crippen molar-refractivity contribution in [3.05, 3.63) is 64.0 Å². The summed E-state index contributed by atoms with van der Waals surface area (Å²) >= 11 is 0. The maximum atomic E-state index is 12.8. The Morgan fingerprint density at radius 1 is 1.21 bits per heavy atom. The van der Waals surface area contributed by atoms with Gasteiger partial charge in [0.1, 0.15) is 5.69 Å². The zero-order valence-electron chi connectivity index (χ0n) is 15.2. The Kier molecular flexibility index (Phi) is 5.97. The number of amides is 1. The number of pyridine rings is 1. The van der Waals surface area contributed by atoms with E-state index in [-0.39, 0.29) is 18.3 Å². The molecule has 1 aliphatic rings. The van der Waals surface area contributed by atoms with Crippen molar-refractivity contribution in [3.63, 3.8) is 0 Å². The van der Waals surface area contributed by atoms with Gasteiger partial charge in [-0.05, 0) is 24.3 Å². The molecule has 154 valence electrons. The Morgan fingerprint density at radius 3 is 2.52 bits per heavy atom. The lowest BCUT2D eigenvalue weighted by Gasteiger charge is -2.35. The molecule has 0 unspecified atom stereocenters. The smallest absolute Gasteiger partial charge is 0.363 e. The van der Waals surface area contributed by atoms with Crippen LogP contribution in [-0.2, 0) is 6.18 Å². The minimum atomic E-state index is -4.64. The number of anilines is 1. The molecule has 29 heavy (non-hydrogen) atoms. The van der Waals surface area contributed by atoms with Crippen LogP contribution in [0, 0.1) is 10.1 Å². The Hall–Kier alpha value is -3.21. The number of piperazine rings is 1. The van der Waals surface area contributed by atoms with Gasteiger partial charge < -0.3 is 10.2 Å². The summed E-state index contributed by atoms with van der Waals surface area (Å²) in [7, 11) is 0. The van der Waals surface area contributed by atoms with Crippen LogP contribution in [-0.4, -0.2) is 53.6 Å². The lowest BCUT2D eigenvalue weighted by molar-refractivity contribution is -0.384. The maximum absolute atomic E-state index is 12.8. The number of rotatable bonds is 5. The molecule has 1 aromatic heterocycles. The van der Waals surface area contributed by atoms with E-state index in [1.165, 1.54) is 6.20 Å². The van der Waals surface area contributed by atoms with Crippen molar-refractivity contribution in [1.82, 2.24) is 15.2 Å². The molecule has 0 spiro atoms. The van der Waals surface area contributed by atoms with Crippen molar-refractivity contribution in [2.24, 2.45) is 0 Å². The minimum absolute atomic E-state index is 0.155. The third kappa shape index (κ3) is 4.99. The fraction of sp³-hybridized carbons (Fsp3) is 0.333. The Bertz CT molecular complexity index is 884. The zero-order chi connectivity index (χ0) is 21.0. The maximum Gasteiger partial charge on any atom is 0.416 e. The molecule has 11 heteroatoms. The Morgan fingerprint density at radius 2 is 1.93 bits per heavy atom. The first-order valence-electron chi connectivity index (χ1n) is 8.77. The second-order valence-electron chi connectivity index (χ2n) is 6.47. The van der Waals surface area contributed by atoms with E-state index in [4.69, 9.17) is 0 Å². The molecule has 1 aliphatic heterocycles. The van der Waals surface area contributed by atoms with Crippen LogP contribution in [0.15, 0.2) is 42.7 Å². The van der Waals surface area contributed by atoms with Gasteiger partial charge in [0.15, 0.2) is 0 Å². The van der Waals surface area contributed by atoms with Crippen LogP contribution in [0.25, 0.3) is 0 Å². The summed E-state index contributed by atoms with van der Waals surface area (Å²) in [6.45, 7) is 2.04. The predicted molar refractivity (Wildman–Crippen MR) is 98.5 cm³/mol. The molecule has 0 saturated carbocycles. The third-order valence-electron chi connectivity index (χ3n) is 4.60. The van der Waals surface area contributed by atoms with Gasteiger partial charge in [-0.3, -0.25) is 24.8 Å². The van der Waals surface area contributed by atoms with E-state index in [0.29, 0.717) is 37.8 Å². The fourth-order valence-electron chi connectivity index (χ4n) is 3.04. The number of nitro benzene ring substituents is 1. The van der Waals surface area contributed by atoms with Crippen LogP contribution in [0.4, 0.5) is 24.5 Å². The first-order chi connectivity index (χ1) is 13.8. The monoisotopic (exact) mass is 409 g/mol. The topological polar surface area (TPSA) is 91.6 Å². The van der Waals surface area contributed by atoms with Gasteiger partial charge in [0.2, 0.25) is 0 Å². The van der Waals surface area contributed by atoms with Gasteiger partial charge in [0, 0.05) is 44.6 Å². The highest BCUT2D eigenvalue weighted by Gasteiger charge is 2.34. The molecule has 1 fully saturated rings. The normalized spacial score (nSPS) is 15.2. The van der Waals surface area contributed by atoms with Gasteiger partial charge >= 0.3 is 6.18 Å². The van der Waals surface area contributed by atoms with E-state index in [2.05, 4.69) is 10.3 Å². The molecule has 2 aromatic rings. The summed E-state index contributed by atoms with van der Waals surface area (Å²) in [5.74, 6) is -0.265. The number of nitrogens with one attached hydrogen (secondary N) is 1. The number of carbonyl (C=O) groups excluding carboxylic acids is 1. The van der Waals surface area contributed by atoms with Crippen molar-refractivity contribution >= 4 is 17.3 Å². The standard InChI is InChI=1S/C18H18F3N5O3/c19-18(20,21)14-3-4-15(16(10-14)26(28)29)25-8-6-24(7-9-25)12-23-17(27)13-2-1-5-22-11-13/h1-5,10-11H,6-9,12H2,(H,23,27). The number of nitro groups is 1. The molecule has 1 aromatic carbocycles. The third-order valence-corrected chi connectivity index (χ3v) is 4.60. The van der Waals surface area contributed by atoms with Crippen molar-refractivity contribution in [2.45, 2.75) is 6.18 Å². The van der Waals surface area contributed by atoms with E-state index in [1.807, 2.05) is 4.90 Å². The fourth-order valence-corrected chi connectivity index (χ4v) is 3.04. The molecule has 1 saturated heterocycles. The number of alkyl halides is 3. The number of aromatic nitrogens is 1. The average Bonchev–Trinajstić information content (AvgIpc) is 2.72. The summed E-state index contributed by atoms with van der Waals surface area (Å²) < 4.78 is 38.5. The van der Waals surface area contributed by atoms with E-state index in [9.17, 15) is 28.1 Å². The lowest BCUT2D eigenvalue weighted by atomic mass is 10.1. The molecular weight excluding hydrogens is 391 g/mol. The van der Waals surface area contributed by atoms with Crippen LogP contribution in [0.2, 0.25) is 0 Å². The van der Waals surface area contributed by atoms with Gasteiger partial charge in [0.05, 0.1) is 22.7 Å². The highest BCUT2D eigenvalue weighted by molar-refractivity contribution is 5.93. The van der Waals surface area contributed by atoms with Gasteiger partial charge in [-0.1, -0.05) is 0 Å². The molecule has 1 N–H and O–H groups in total. The van der Waals surface area contributed by atoms with Crippen LogP contribution in [0.3, 0.4) is 0 Å². The average molecular weight is 409 g/mol. The first kappa shape index (κ1) is 20.5. The number of carbonyl (C=O) groups is 1. The Balaban J connectivity index is 1.60. The van der Waals surface area contributed by atoms with Crippen molar-refractivity contribution in [2.75, 3.05) is 37.7 Å². The quantitative estimate of drug-likeness (QED) is 0.603. The van der Waals surface area contributed by atoms with E-state index >= 15 is 0 Å². The molecule has 0 radical (unpaired) electrons. The molecule has 0 bridgehead atoms. The van der Waals surface area contributed by atoms with Crippen LogP contribution in [0.1, 0.15) is 15.9 Å². The number of hydrogen-bond donors (Lipinski definition) is 1. The molecule has 3 rings (SSSR count). The number of halogens is 3. The number of nitrogens with zero attached hydrogens (tertiary/aromatic N) is 4. The van der Waals surface area contributed by atoms with E-state index < -0.39 is 22.4 Å². The summed E-state index contributed by atoms with van der Waals surface area (Å²) in [6, 6.07) is 5.86. The van der Waals surface area contributed by atoms with Gasteiger partial charge in [-0.25, -0.2) is 0 Å². The van der Waals surface area contributed by atoms with Crippen molar-refractivity contribution < 1.29 is 22.9 Å². The van der Waals surface area contributed by atoms with Gasteiger partial charge in [-0.15, -0.1) is 0 Å². The summed E-state index contributed by atoms with van der Waals surface area (Å²) in [5.41, 5.74) is -1.03. The van der Waals surface area contributed by atoms with Crippen molar-refractivity contribution in [1.29, 1.82) is 0 Å². The second-order valence-corrected chi connectivity index (χ2v) is 6.47. The lowest BCUT2D eigenvalue weighted by Crippen LogP contribution is -2.50. The Labute approximate surface area is 164 Å². The molecule has 0 aliphatic carbocycles. The van der Waals surface area contributed by atoms with E-state index in [0.717, 1.165) is 12.1 Å². The highest BCUT2D eigenvalue weighted by Crippen LogP contribution is 2.36. The first-order valence-corrected chi connectivity index (χ1v) is 8.77. The summed E-state index contributed by atoms with van der Waals surface area (Å²) in [4.78, 5) is 30.0. The predicted octanol–water partition coefficient (Wildman–Crippen LogP) is 2.52.